The normalized spacial score (nSPS) is 23.3. The lowest BCUT2D eigenvalue weighted by Crippen LogP contribution is -2.50. The summed E-state index contributed by atoms with van der Waals surface area (Å²) in [6.45, 7) is 6.15. The molecule has 1 aromatic carbocycles. The molecule has 6 heteroatoms. The van der Waals surface area contributed by atoms with Crippen molar-refractivity contribution in [1.29, 1.82) is 0 Å². The number of hydrogen-bond acceptors (Lipinski definition) is 4. The van der Waals surface area contributed by atoms with Crippen LogP contribution in [0.25, 0.3) is 0 Å². The second-order valence-corrected chi connectivity index (χ2v) is 8.75. The maximum atomic E-state index is 13.4. The number of amides is 1. The van der Waals surface area contributed by atoms with Crippen molar-refractivity contribution in [1.82, 2.24) is 14.8 Å². The molecule has 3 heterocycles. The first-order valence-electron chi connectivity index (χ1n) is 10.7. The quantitative estimate of drug-likeness (QED) is 0.768. The Morgan fingerprint density at radius 1 is 1.21 bits per heavy atom. The number of likely N-dealkylation sites (tertiary alicyclic amines) is 2. The van der Waals surface area contributed by atoms with Gasteiger partial charge in [-0.15, -0.1) is 0 Å². The predicted octanol–water partition coefficient (Wildman–Crippen LogP) is 3.77. The third kappa shape index (κ3) is 4.86. The Kier molecular flexibility index (Phi) is 5.99. The van der Waals surface area contributed by atoms with Gasteiger partial charge in [-0.3, -0.25) is 9.69 Å². The van der Waals surface area contributed by atoms with E-state index in [0.29, 0.717) is 25.4 Å². The molecule has 29 heavy (non-hydrogen) atoms. The van der Waals surface area contributed by atoms with Crippen molar-refractivity contribution >= 4 is 5.91 Å². The standard InChI is InChI=1S/C23H30FN3O2/c1-23(22-25-15-20(29-22)14-18-7-5-8-19(24)13-18)9-6-12-27(17-23)21(28)16-26-10-3-2-4-11-26/h5,7-8,13,15H,2-4,6,9-12,14,16-17H2,1H3/t23-/m1/s1. The molecule has 0 unspecified atom stereocenters. The molecule has 2 saturated heterocycles. The topological polar surface area (TPSA) is 49.6 Å². The van der Waals surface area contributed by atoms with Crippen LogP contribution in [0.3, 0.4) is 0 Å². The van der Waals surface area contributed by atoms with E-state index in [4.69, 9.17) is 4.42 Å². The van der Waals surface area contributed by atoms with Crippen LogP contribution in [0, 0.1) is 5.82 Å². The van der Waals surface area contributed by atoms with Crippen LogP contribution < -0.4 is 0 Å². The van der Waals surface area contributed by atoms with Crippen molar-refractivity contribution < 1.29 is 13.6 Å². The minimum Gasteiger partial charge on any atom is -0.445 e. The van der Waals surface area contributed by atoms with Crippen LogP contribution >= 0.6 is 0 Å². The van der Waals surface area contributed by atoms with Gasteiger partial charge in [-0.2, -0.15) is 0 Å². The van der Waals surface area contributed by atoms with E-state index in [1.165, 1.54) is 31.4 Å². The number of halogens is 1. The van der Waals surface area contributed by atoms with E-state index in [9.17, 15) is 9.18 Å². The summed E-state index contributed by atoms with van der Waals surface area (Å²) in [5.74, 6) is 1.37. The van der Waals surface area contributed by atoms with Crippen LogP contribution in [-0.4, -0.2) is 53.4 Å². The minimum atomic E-state index is -0.282. The maximum absolute atomic E-state index is 13.4. The van der Waals surface area contributed by atoms with Gasteiger partial charge < -0.3 is 9.32 Å². The number of aromatic nitrogens is 1. The summed E-state index contributed by atoms with van der Waals surface area (Å²) in [5.41, 5.74) is 0.579. The molecule has 0 aliphatic carbocycles. The molecule has 2 aromatic rings. The third-order valence-corrected chi connectivity index (χ3v) is 6.19. The highest BCUT2D eigenvalue weighted by atomic mass is 19.1. The van der Waals surface area contributed by atoms with E-state index < -0.39 is 0 Å². The van der Waals surface area contributed by atoms with Crippen LogP contribution in [0.5, 0.6) is 0 Å². The number of hydrogen-bond donors (Lipinski definition) is 0. The Morgan fingerprint density at radius 2 is 2.03 bits per heavy atom. The molecule has 0 radical (unpaired) electrons. The van der Waals surface area contributed by atoms with Crippen molar-refractivity contribution in [3.63, 3.8) is 0 Å². The Labute approximate surface area is 171 Å². The minimum absolute atomic E-state index is 0.212. The predicted molar refractivity (Wildman–Crippen MR) is 109 cm³/mol. The van der Waals surface area contributed by atoms with Crippen LogP contribution in [0.15, 0.2) is 34.9 Å². The summed E-state index contributed by atoms with van der Waals surface area (Å²) in [6.07, 6.45) is 7.79. The molecule has 1 aromatic heterocycles. The van der Waals surface area contributed by atoms with Gasteiger partial charge in [-0.05, 0) is 63.4 Å². The highest BCUT2D eigenvalue weighted by Gasteiger charge is 2.38. The van der Waals surface area contributed by atoms with E-state index in [1.54, 1.807) is 12.3 Å². The Morgan fingerprint density at radius 3 is 2.83 bits per heavy atom. The van der Waals surface area contributed by atoms with Gasteiger partial charge in [0.2, 0.25) is 11.8 Å². The van der Waals surface area contributed by atoms with Crippen LogP contribution in [-0.2, 0) is 16.6 Å². The van der Waals surface area contributed by atoms with Gasteiger partial charge in [-0.25, -0.2) is 9.37 Å². The van der Waals surface area contributed by atoms with Crippen molar-refractivity contribution in [3.8, 4) is 0 Å². The molecule has 5 nitrogen and oxygen atoms in total. The first-order valence-corrected chi connectivity index (χ1v) is 10.7. The molecular formula is C23H30FN3O2. The largest absolute Gasteiger partial charge is 0.445 e. The van der Waals surface area contributed by atoms with Crippen LogP contribution in [0.2, 0.25) is 0 Å². The summed E-state index contributed by atoms with van der Waals surface area (Å²) in [4.78, 5) is 21.7. The maximum Gasteiger partial charge on any atom is 0.236 e. The van der Waals surface area contributed by atoms with E-state index >= 15 is 0 Å². The first kappa shape index (κ1) is 20.1. The van der Waals surface area contributed by atoms with Crippen LogP contribution in [0.4, 0.5) is 4.39 Å². The number of nitrogens with zero attached hydrogens (tertiary/aromatic N) is 3. The van der Waals surface area contributed by atoms with Gasteiger partial charge in [0.1, 0.15) is 11.6 Å². The second-order valence-electron chi connectivity index (χ2n) is 8.75. The summed E-state index contributed by atoms with van der Waals surface area (Å²) in [6, 6.07) is 6.55. The van der Waals surface area contributed by atoms with Gasteiger partial charge in [-0.1, -0.05) is 18.6 Å². The molecule has 2 aliphatic heterocycles. The fourth-order valence-electron chi connectivity index (χ4n) is 4.55. The van der Waals surface area contributed by atoms with Crippen molar-refractivity contribution in [3.05, 3.63) is 53.5 Å². The average Bonchev–Trinajstić information content (AvgIpc) is 3.18. The van der Waals surface area contributed by atoms with Crippen molar-refractivity contribution in [2.24, 2.45) is 0 Å². The lowest BCUT2D eigenvalue weighted by Gasteiger charge is -2.39. The van der Waals surface area contributed by atoms with E-state index in [2.05, 4.69) is 16.8 Å². The van der Waals surface area contributed by atoms with Gasteiger partial charge in [0.15, 0.2) is 0 Å². The molecule has 2 aliphatic rings. The summed E-state index contributed by atoms with van der Waals surface area (Å²) in [7, 11) is 0. The van der Waals surface area contributed by atoms with E-state index in [-0.39, 0.29) is 17.1 Å². The molecule has 0 bridgehead atoms. The summed E-state index contributed by atoms with van der Waals surface area (Å²) in [5, 5.41) is 0. The molecule has 156 valence electrons. The van der Waals surface area contributed by atoms with Crippen molar-refractivity contribution in [2.45, 2.75) is 50.9 Å². The number of benzene rings is 1. The summed E-state index contributed by atoms with van der Waals surface area (Å²) < 4.78 is 19.5. The first-order chi connectivity index (χ1) is 14.0. The van der Waals surface area contributed by atoms with Crippen molar-refractivity contribution in [2.75, 3.05) is 32.7 Å². The van der Waals surface area contributed by atoms with Gasteiger partial charge in [0.05, 0.1) is 18.2 Å². The summed E-state index contributed by atoms with van der Waals surface area (Å²) >= 11 is 0. The number of oxazole rings is 1. The molecular weight excluding hydrogens is 369 g/mol. The molecule has 0 N–H and O–H groups in total. The number of carbonyl (C=O) groups excluding carboxylic acids is 1. The SMILES string of the molecule is C[C@@]1(c2ncc(Cc3cccc(F)c3)o2)CCCN(C(=O)CN2CCCCC2)C1. The zero-order valence-electron chi connectivity index (χ0n) is 17.2. The fourth-order valence-corrected chi connectivity index (χ4v) is 4.55. The average molecular weight is 400 g/mol. The zero-order valence-corrected chi connectivity index (χ0v) is 17.2. The molecule has 1 atom stereocenters. The number of piperidine rings is 2. The molecule has 4 rings (SSSR count). The van der Waals surface area contributed by atoms with Gasteiger partial charge in [0.25, 0.3) is 0 Å². The van der Waals surface area contributed by atoms with E-state index in [0.717, 1.165) is 43.8 Å². The fraction of sp³-hybridized carbons (Fsp3) is 0.565. The highest BCUT2D eigenvalue weighted by molar-refractivity contribution is 5.78. The molecule has 1 amide bonds. The lowest BCUT2D eigenvalue weighted by molar-refractivity contribution is -0.135. The van der Waals surface area contributed by atoms with Gasteiger partial charge >= 0.3 is 0 Å². The Balaban J connectivity index is 1.41. The number of carbonyl (C=O) groups is 1. The lowest BCUT2D eigenvalue weighted by atomic mass is 9.81. The molecule has 0 saturated carbocycles. The Bertz CT molecular complexity index is 846. The third-order valence-electron chi connectivity index (χ3n) is 6.19. The number of rotatable bonds is 5. The monoisotopic (exact) mass is 399 g/mol. The highest BCUT2D eigenvalue weighted by Crippen LogP contribution is 2.34. The molecule has 2 fully saturated rings. The van der Waals surface area contributed by atoms with Crippen LogP contribution in [0.1, 0.15) is 56.2 Å². The smallest absolute Gasteiger partial charge is 0.236 e. The second kappa shape index (κ2) is 8.66. The van der Waals surface area contributed by atoms with Gasteiger partial charge in [0, 0.05) is 19.5 Å². The Hall–Kier alpha value is -2.21. The molecule has 0 spiro atoms. The van der Waals surface area contributed by atoms with E-state index in [1.807, 2.05) is 11.0 Å². The zero-order chi connectivity index (χ0) is 20.3.